The number of hydrogen-bond acceptors (Lipinski definition) is 4. The Balaban J connectivity index is 1.60. The minimum absolute atomic E-state index is 0.0460. The number of benzene rings is 1. The Bertz CT molecular complexity index is 1140. The van der Waals surface area contributed by atoms with Crippen molar-refractivity contribution in [3.8, 4) is 10.8 Å². The number of carbonyl (C=O) groups excluding carboxylic acids is 1. The first kappa shape index (κ1) is 22.0. The molecule has 33 heavy (non-hydrogen) atoms. The summed E-state index contributed by atoms with van der Waals surface area (Å²) in [5.74, 6) is 0.794. The van der Waals surface area contributed by atoms with Crippen LogP contribution >= 0.6 is 11.3 Å². The number of methoxy groups -OCH3 is 2. The molecule has 174 valence electrons. The highest BCUT2D eigenvalue weighted by atomic mass is 32.1. The Hall–Kier alpha value is -2.77. The van der Waals surface area contributed by atoms with Crippen LogP contribution in [0.4, 0.5) is 4.79 Å². The maximum atomic E-state index is 13.6. The molecule has 0 saturated carbocycles. The van der Waals surface area contributed by atoms with E-state index in [1.54, 1.807) is 14.2 Å². The van der Waals surface area contributed by atoms with Crippen LogP contribution in [0.25, 0.3) is 5.00 Å². The molecule has 0 bridgehead atoms. The van der Waals surface area contributed by atoms with E-state index in [2.05, 4.69) is 34.3 Å². The standard InChI is InChI=1S/C26H31N3O3S/c1-31-15-7-13-27-26(30)29-17-21-20-10-3-4-12-23(20)33-25(21)28-14-6-11-22(28)24(29)18-8-5-9-19(16-18)32-2/h5-6,8-9,11,14,16,24H,3-4,7,10,12-13,15,17H2,1-2H3,(H,27,30)/t24-/m0/s1. The van der Waals surface area contributed by atoms with E-state index < -0.39 is 0 Å². The third-order valence-electron chi connectivity index (χ3n) is 6.65. The van der Waals surface area contributed by atoms with E-state index in [0.29, 0.717) is 19.7 Å². The molecule has 1 N–H and O–H groups in total. The molecule has 2 aromatic heterocycles. The number of aromatic nitrogens is 1. The van der Waals surface area contributed by atoms with Crippen LogP contribution in [0.3, 0.4) is 0 Å². The van der Waals surface area contributed by atoms with Gasteiger partial charge in [0.2, 0.25) is 0 Å². The number of rotatable bonds is 6. The molecule has 1 aliphatic heterocycles. The van der Waals surface area contributed by atoms with Gasteiger partial charge in [-0.3, -0.25) is 0 Å². The Labute approximate surface area is 199 Å². The molecular weight excluding hydrogens is 434 g/mol. The summed E-state index contributed by atoms with van der Waals surface area (Å²) in [5, 5.41) is 4.41. The van der Waals surface area contributed by atoms with Gasteiger partial charge in [0.1, 0.15) is 10.8 Å². The van der Waals surface area contributed by atoms with Crippen molar-refractivity contribution < 1.29 is 14.3 Å². The molecule has 3 aromatic rings. The van der Waals surface area contributed by atoms with Gasteiger partial charge in [-0.05, 0) is 67.5 Å². The van der Waals surface area contributed by atoms with Crippen molar-refractivity contribution in [1.29, 1.82) is 0 Å². The topological polar surface area (TPSA) is 55.7 Å². The summed E-state index contributed by atoms with van der Waals surface area (Å²) in [4.78, 5) is 17.1. The summed E-state index contributed by atoms with van der Waals surface area (Å²) in [7, 11) is 3.36. The zero-order valence-electron chi connectivity index (χ0n) is 19.3. The van der Waals surface area contributed by atoms with Crippen LogP contribution in [0.2, 0.25) is 0 Å². The lowest BCUT2D eigenvalue weighted by molar-refractivity contribution is 0.174. The van der Waals surface area contributed by atoms with E-state index in [0.717, 1.165) is 36.3 Å². The average molecular weight is 466 g/mol. The lowest BCUT2D eigenvalue weighted by Crippen LogP contribution is -2.42. The fraction of sp³-hybridized carbons (Fsp3) is 0.423. The van der Waals surface area contributed by atoms with Gasteiger partial charge < -0.3 is 24.3 Å². The maximum absolute atomic E-state index is 13.6. The van der Waals surface area contributed by atoms with E-state index in [1.165, 1.54) is 33.8 Å². The van der Waals surface area contributed by atoms with Gasteiger partial charge in [-0.25, -0.2) is 4.79 Å². The van der Waals surface area contributed by atoms with Gasteiger partial charge in [-0.1, -0.05) is 12.1 Å². The zero-order valence-corrected chi connectivity index (χ0v) is 20.1. The largest absolute Gasteiger partial charge is 0.497 e. The molecule has 6 nitrogen and oxygen atoms in total. The summed E-state index contributed by atoms with van der Waals surface area (Å²) >= 11 is 1.90. The molecule has 5 rings (SSSR count). The van der Waals surface area contributed by atoms with Crippen LogP contribution in [0.1, 0.15) is 52.6 Å². The Morgan fingerprint density at radius 3 is 2.88 bits per heavy atom. The van der Waals surface area contributed by atoms with Gasteiger partial charge in [0, 0.05) is 36.9 Å². The number of hydrogen-bond donors (Lipinski definition) is 1. The van der Waals surface area contributed by atoms with Crippen LogP contribution in [0.15, 0.2) is 42.6 Å². The van der Waals surface area contributed by atoms with Gasteiger partial charge in [0.05, 0.1) is 25.4 Å². The molecule has 0 saturated heterocycles. The van der Waals surface area contributed by atoms with Crippen molar-refractivity contribution in [2.24, 2.45) is 0 Å². The maximum Gasteiger partial charge on any atom is 0.318 e. The van der Waals surface area contributed by atoms with Crippen molar-refractivity contribution in [2.75, 3.05) is 27.4 Å². The highest BCUT2D eigenvalue weighted by molar-refractivity contribution is 7.15. The quantitative estimate of drug-likeness (QED) is 0.517. The molecule has 0 unspecified atom stereocenters. The third kappa shape index (κ3) is 4.15. The number of thiophene rings is 1. The Morgan fingerprint density at radius 1 is 1.15 bits per heavy atom. The monoisotopic (exact) mass is 465 g/mol. The van der Waals surface area contributed by atoms with Crippen LogP contribution in [-0.4, -0.2) is 42.9 Å². The SMILES string of the molecule is COCCCNC(=O)N1Cc2c(sc3c2CCCC3)-n2cccc2[C@@H]1c1cccc(OC)c1. The average Bonchev–Trinajstić information content (AvgIpc) is 3.43. The van der Waals surface area contributed by atoms with E-state index >= 15 is 0 Å². The predicted molar refractivity (Wildman–Crippen MR) is 131 cm³/mol. The third-order valence-corrected chi connectivity index (χ3v) is 7.98. The van der Waals surface area contributed by atoms with Crippen molar-refractivity contribution in [3.63, 3.8) is 0 Å². The summed E-state index contributed by atoms with van der Waals surface area (Å²) in [6, 6.07) is 12.0. The predicted octanol–water partition coefficient (Wildman–Crippen LogP) is 5.08. The lowest BCUT2D eigenvalue weighted by atomic mass is 9.95. The molecule has 2 aliphatic rings. The molecule has 3 heterocycles. The van der Waals surface area contributed by atoms with Gasteiger partial charge in [0.25, 0.3) is 0 Å². The van der Waals surface area contributed by atoms with Crippen molar-refractivity contribution in [3.05, 3.63) is 69.9 Å². The number of nitrogens with one attached hydrogen (secondary N) is 1. The Kier molecular flexibility index (Phi) is 6.42. The number of amides is 2. The first-order chi connectivity index (χ1) is 16.2. The second-order valence-corrected chi connectivity index (χ2v) is 9.77. The van der Waals surface area contributed by atoms with E-state index in [-0.39, 0.29) is 12.1 Å². The molecule has 1 atom stereocenters. The number of nitrogens with zero attached hydrogens (tertiary/aromatic N) is 2. The molecule has 2 amide bonds. The molecule has 0 fully saturated rings. The fourth-order valence-corrected chi connectivity index (χ4v) is 6.47. The minimum Gasteiger partial charge on any atom is -0.497 e. The van der Waals surface area contributed by atoms with E-state index in [4.69, 9.17) is 9.47 Å². The molecule has 1 aliphatic carbocycles. The molecule has 0 spiro atoms. The van der Waals surface area contributed by atoms with Crippen molar-refractivity contribution in [2.45, 2.75) is 44.7 Å². The molecule has 0 radical (unpaired) electrons. The van der Waals surface area contributed by atoms with Crippen molar-refractivity contribution >= 4 is 17.4 Å². The smallest absolute Gasteiger partial charge is 0.318 e. The number of carbonyl (C=O) groups is 1. The van der Waals surface area contributed by atoms with E-state index in [1.807, 2.05) is 34.4 Å². The number of aryl methyl sites for hydroxylation is 1. The summed E-state index contributed by atoms with van der Waals surface area (Å²) in [5.41, 5.74) is 4.92. The summed E-state index contributed by atoms with van der Waals surface area (Å²) in [6.45, 7) is 1.81. The van der Waals surface area contributed by atoms with Crippen LogP contribution in [0, 0.1) is 0 Å². The summed E-state index contributed by atoms with van der Waals surface area (Å²) in [6.07, 6.45) is 7.65. The first-order valence-corrected chi connectivity index (χ1v) is 12.5. The zero-order chi connectivity index (χ0) is 22.8. The number of urea groups is 1. The van der Waals surface area contributed by atoms with E-state index in [9.17, 15) is 4.79 Å². The molecule has 7 heteroatoms. The molecular formula is C26H31N3O3S. The van der Waals surface area contributed by atoms with Crippen molar-refractivity contribution in [1.82, 2.24) is 14.8 Å². The second kappa shape index (κ2) is 9.61. The van der Waals surface area contributed by atoms with Gasteiger partial charge in [0.15, 0.2) is 0 Å². The second-order valence-electron chi connectivity index (χ2n) is 8.68. The van der Waals surface area contributed by atoms with Crippen LogP contribution in [-0.2, 0) is 24.1 Å². The van der Waals surface area contributed by atoms with Gasteiger partial charge in [-0.2, -0.15) is 0 Å². The summed E-state index contributed by atoms with van der Waals surface area (Å²) < 4.78 is 13.0. The highest BCUT2D eigenvalue weighted by Crippen LogP contribution is 2.44. The molecule has 1 aromatic carbocycles. The highest BCUT2D eigenvalue weighted by Gasteiger charge is 2.36. The lowest BCUT2D eigenvalue weighted by Gasteiger charge is -2.31. The number of ether oxygens (including phenoxy) is 2. The normalized spacial score (nSPS) is 17.0. The minimum atomic E-state index is -0.212. The van der Waals surface area contributed by atoms with Crippen LogP contribution in [0.5, 0.6) is 5.75 Å². The number of fused-ring (bicyclic) bond motifs is 5. The fourth-order valence-electron chi connectivity index (χ4n) is 5.06. The van der Waals surface area contributed by atoms with Gasteiger partial charge in [-0.15, -0.1) is 11.3 Å². The van der Waals surface area contributed by atoms with Gasteiger partial charge >= 0.3 is 6.03 Å². The van der Waals surface area contributed by atoms with Crippen LogP contribution < -0.4 is 10.1 Å². The first-order valence-electron chi connectivity index (χ1n) is 11.7. The Morgan fingerprint density at radius 2 is 2.03 bits per heavy atom.